The van der Waals surface area contributed by atoms with E-state index in [1.54, 1.807) is 49.9 Å². The molecule has 1 atom stereocenters. The molecule has 0 spiro atoms. The minimum Gasteiger partial charge on any atom is -0.444 e. The van der Waals surface area contributed by atoms with Crippen LogP contribution in [0.2, 0.25) is 0 Å². The van der Waals surface area contributed by atoms with Crippen molar-refractivity contribution in [3.05, 3.63) is 29.8 Å². The molecule has 7 heteroatoms. The van der Waals surface area contributed by atoms with E-state index >= 15 is 0 Å². The predicted octanol–water partition coefficient (Wildman–Crippen LogP) is 3.41. The van der Waals surface area contributed by atoms with Crippen LogP contribution in [0.5, 0.6) is 0 Å². The first kappa shape index (κ1) is 21.1. The van der Waals surface area contributed by atoms with Crippen molar-refractivity contribution in [2.24, 2.45) is 11.8 Å². The van der Waals surface area contributed by atoms with E-state index in [1.807, 2.05) is 0 Å². The second kappa shape index (κ2) is 8.84. The number of likely N-dealkylation sites (tertiary alicyclic amines) is 1. The van der Waals surface area contributed by atoms with Crippen molar-refractivity contribution in [3.63, 3.8) is 0 Å². The van der Waals surface area contributed by atoms with Crippen LogP contribution in [-0.4, -0.2) is 48.0 Å². The van der Waals surface area contributed by atoms with E-state index < -0.39 is 11.7 Å². The number of hydrogen-bond donors (Lipinski definition) is 2. The number of rotatable bonds is 5. The van der Waals surface area contributed by atoms with Crippen LogP contribution in [-0.2, 0) is 9.53 Å². The van der Waals surface area contributed by atoms with Crippen molar-refractivity contribution < 1.29 is 19.1 Å². The number of nitrogens with one attached hydrogen (secondary N) is 2. The summed E-state index contributed by atoms with van der Waals surface area (Å²) in [6.45, 7) is 7.26. The van der Waals surface area contributed by atoms with E-state index in [4.69, 9.17) is 4.74 Å². The standard InChI is InChI=1S/C22H31N3O4/c1-22(2,3)29-21(28)24-18-10-8-16(9-11-18)20(27)25-12-4-5-17(14-25)19(26)23-13-15-6-7-15/h8-11,15,17H,4-7,12-14H2,1-3H3,(H,23,26)(H,24,28). The summed E-state index contributed by atoms with van der Waals surface area (Å²) in [6.07, 6.45) is 3.51. The smallest absolute Gasteiger partial charge is 0.412 e. The normalized spacial score (nSPS) is 19.4. The summed E-state index contributed by atoms with van der Waals surface area (Å²) in [7, 11) is 0. The maximum atomic E-state index is 12.8. The largest absolute Gasteiger partial charge is 0.444 e. The van der Waals surface area contributed by atoms with Crippen LogP contribution in [0.1, 0.15) is 56.8 Å². The van der Waals surface area contributed by atoms with E-state index in [9.17, 15) is 14.4 Å². The molecular formula is C22H31N3O4. The second-order valence-electron chi connectivity index (χ2n) is 8.98. The summed E-state index contributed by atoms with van der Waals surface area (Å²) < 4.78 is 5.22. The molecule has 2 N–H and O–H groups in total. The Morgan fingerprint density at radius 2 is 1.79 bits per heavy atom. The fourth-order valence-corrected chi connectivity index (χ4v) is 3.39. The maximum absolute atomic E-state index is 12.8. The van der Waals surface area contributed by atoms with Crippen LogP contribution in [0, 0.1) is 11.8 Å². The number of hydrogen-bond acceptors (Lipinski definition) is 4. The lowest BCUT2D eigenvalue weighted by molar-refractivity contribution is -0.126. The molecule has 1 saturated carbocycles. The summed E-state index contributed by atoms with van der Waals surface area (Å²) >= 11 is 0. The van der Waals surface area contributed by atoms with Crippen molar-refractivity contribution >= 4 is 23.6 Å². The van der Waals surface area contributed by atoms with Gasteiger partial charge in [-0.3, -0.25) is 14.9 Å². The van der Waals surface area contributed by atoms with Crippen LogP contribution in [0.15, 0.2) is 24.3 Å². The van der Waals surface area contributed by atoms with Crippen LogP contribution < -0.4 is 10.6 Å². The third kappa shape index (κ3) is 6.48. The fourth-order valence-electron chi connectivity index (χ4n) is 3.39. The number of carbonyl (C=O) groups is 3. The number of benzene rings is 1. The molecule has 2 aliphatic rings. The summed E-state index contributed by atoms with van der Waals surface area (Å²) in [5, 5.41) is 5.68. The number of piperidine rings is 1. The number of ether oxygens (including phenoxy) is 1. The minimum absolute atomic E-state index is 0.0614. The SMILES string of the molecule is CC(C)(C)OC(=O)Nc1ccc(C(=O)N2CCCC(C(=O)NCC3CC3)C2)cc1. The van der Waals surface area contributed by atoms with E-state index in [-0.39, 0.29) is 17.7 Å². The molecule has 3 rings (SSSR count). The van der Waals surface area contributed by atoms with Crippen LogP contribution in [0.4, 0.5) is 10.5 Å². The third-order valence-electron chi connectivity index (χ3n) is 5.12. The Balaban J connectivity index is 1.53. The molecule has 0 bridgehead atoms. The van der Waals surface area contributed by atoms with Crippen LogP contribution >= 0.6 is 0 Å². The molecule has 1 aromatic rings. The Bertz CT molecular complexity index is 750. The summed E-state index contributed by atoms with van der Waals surface area (Å²) in [6, 6.07) is 6.74. The molecule has 1 aromatic carbocycles. The van der Waals surface area contributed by atoms with Crippen molar-refractivity contribution in [1.29, 1.82) is 0 Å². The van der Waals surface area contributed by atoms with Gasteiger partial charge in [0.05, 0.1) is 5.92 Å². The lowest BCUT2D eigenvalue weighted by Crippen LogP contribution is -2.45. The first-order chi connectivity index (χ1) is 13.7. The molecular weight excluding hydrogens is 370 g/mol. The third-order valence-corrected chi connectivity index (χ3v) is 5.12. The molecule has 0 aromatic heterocycles. The van der Waals surface area contributed by atoms with E-state index in [0.29, 0.717) is 30.3 Å². The van der Waals surface area contributed by atoms with Gasteiger partial charge in [0.1, 0.15) is 5.60 Å². The average molecular weight is 402 g/mol. The van der Waals surface area contributed by atoms with E-state index in [1.165, 1.54) is 12.8 Å². The Labute approximate surface area is 172 Å². The molecule has 1 unspecified atom stereocenters. The van der Waals surface area contributed by atoms with Gasteiger partial charge in [-0.15, -0.1) is 0 Å². The van der Waals surface area contributed by atoms with Gasteiger partial charge in [0.25, 0.3) is 5.91 Å². The van der Waals surface area contributed by atoms with Crippen molar-refractivity contribution in [3.8, 4) is 0 Å². The van der Waals surface area contributed by atoms with Gasteiger partial charge < -0.3 is 15.0 Å². The molecule has 29 heavy (non-hydrogen) atoms. The fraction of sp³-hybridized carbons (Fsp3) is 0.591. The lowest BCUT2D eigenvalue weighted by Gasteiger charge is -2.32. The monoisotopic (exact) mass is 401 g/mol. The topological polar surface area (TPSA) is 87.7 Å². The first-order valence-corrected chi connectivity index (χ1v) is 10.4. The highest BCUT2D eigenvalue weighted by Gasteiger charge is 2.30. The molecule has 3 amide bonds. The molecule has 158 valence electrons. The number of carbonyl (C=O) groups excluding carboxylic acids is 3. The molecule has 1 saturated heterocycles. The molecule has 0 radical (unpaired) electrons. The van der Waals surface area contributed by atoms with E-state index in [0.717, 1.165) is 19.4 Å². The second-order valence-corrected chi connectivity index (χ2v) is 8.98. The zero-order valence-corrected chi connectivity index (χ0v) is 17.5. The minimum atomic E-state index is -0.574. The van der Waals surface area contributed by atoms with E-state index in [2.05, 4.69) is 10.6 Å². The van der Waals surface area contributed by atoms with Gasteiger partial charge in [0.2, 0.25) is 5.91 Å². The molecule has 1 aliphatic carbocycles. The van der Waals surface area contributed by atoms with Crippen molar-refractivity contribution in [2.45, 2.75) is 52.1 Å². The molecule has 1 aliphatic heterocycles. The predicted molar refractivity (Wildman–Crippen MR) is 111 cm³/mol. The van der Waals surface area contributed by atoms with Crippen LogP contribution in [0.25, 0.3) is 0 Å². The maximum Gasteiger partial charge on any atom is 0.412 e. The average Bonchev–Trinajstić information content (AvgIpc) is 3.49. The summed E-state index contributed by atoms with van der Waals surface area (Å²) in [5.74, 6) is 0.479. The highest BCUT2D eigenvalue weighted by molar-refractivity contribution is 5.95. The zero-order chi connectivity index (χ0) is 21.0. The van der Waals surface area contributed by atoms with Crippen molar-refractivity contribution in [2.75, 3.05) is 25.0 Å². The van der Waals surface area contributed by atoms with Crippen molar-refractivity contribution in [1.82, 2.24) is 10.2 Å². The van der Waals surface area contributed by atoms with Gasteiger partial charge >= 0.3 is 6.09 Å². The first-order valence-electron chi connectivity index (χ1n) is 10.4. The lowest BCUT2D eigenvalue weighted by atomic mass is 9.96. The quantitative estimate of drug-likeness (QED) is 0.791. The Kier molecular flexibility index (Phi) is 6.45. The van der Waals surface area contributed by atoms with Gasteiger partial charge in [-0.05, 0) is 76.6 Å². The van der Waals surface area contributed by atoms with Gasteiger partial charge in [-0.1, -0.05) is 0 Å². The zero-order valence-electron chi connectivity index (χ0n) is 17.5. The Hall–Kier alpha value is -2.57. The van der Waals surface area contributed by atoms with Gasteiger partial charge in [-0.25, -0.2) is 4.79 Å². The molecule has 1 heterocycles. The highest BCUT2D eigenvalue weighted by Crippen LogP contribution is 2.28. The number of anilines is 1. The molecule has 7 nitrogen and oxygen atoms in total. The molecule has 2 fully saturated rings. The Morgan fingerprint density at radius 1 is 1.10 bits per heavy atom. The van der Waals surface area contributed by atoms with Gasteiger partial charge in [0, 0.05) is 30.9 Å². The summed E-state index contributed by atoms with van der Waals surface area (Å²) in [4.78, 5) is 38.8. The van der Waals surface area contributed by atoms with Gasteiger partial charge in [-0.2, -0.15) is 0 Å². The van der Waals surface area contributed by atoms with Gasteiger partial charge in [0.15, 0.2) is 0 Å². The Morgan fingerprint density at radius 3 is 2.41 bits per heavy atom. The summed E-state index contributed by atoms with van der Waals surface area (Å²) in [5.41, 5.74) is 0.529. The number of nitrogens with zero attached hydrogens (tertiary/aromatic N) is 1. The highest BCUT2D eigenvalue weighted by atomic mass is 16.6. The number of amides is 3. The van der Waals surface area contributed by atoms with Crippen LogP contribution in [0.3, 0.4) is 0 Å².